The molecule has 0 fully saturated rings. The van der Waals surface area contributed by atoms with Crippen molar-refractivity contribution in [3.63, 3.8) is 0 Å². The summed E-state index contributed by atoms with van der Waals surface area (Å²) < 4.78 is 23.2. The average Bonchev–Trinajstić information content (AvgIpc) is 3.36. The monoisotopic (exact) mass is 1140 g/mol. The molecule has 6 heteroatoms. The standard InChI is InChI=1S/C60H92Ge4O2/c1-9-17-45-61(46-18-10-2)57-37-29-53(30-38-57)25-26-55-33-41-59(42-34-55)63(49-21-13-5,50-22-14-6)66-64(51-23-15-7,52-24-16-8)60-43-35-56(36-44-60)28-27-54-31-39-58(40-32-54)62(65-61,47-19-11-3)48-20-12-4/h25-44H,9-24,45-52H2,1-8H3. The molecule has 4 aromatic carbocycles. The van der Waals surface area contributed by atoms with Crippen molar-refractivity contribution in [2.24, 2.45) is 0 Å². The minimum atomic E-state index is -3.06. The van der Waals surface area contributed by atoms with Crippen LogP contribution in [0.1, 0.15) is 180 Å². The van der Waals surface area contributed by atoms with Gasteiger partial charge in [-0.1, -0.05) is 0 Å². The van der Waals surface area contributed by atoms with Crippen LogP contribution in [0.4, 0.5) is 0 Å². The molecule has 0 aromatic heterocycles. The Labute approximate surface area is 417 Å². The Bertz CT molecular complexity index is 1680. The first-order valence-corrected chi connectivity index (χ1v) is 46.9. The maximum atomic E-state index is 8.45. The van der Waals surface area contributed by atoms with Gasteiger partial charge >= 0.3 is 421 Å². The fourth-order valence-electron chi connectivity index (χ4n) is 10.7. The third kappa shape index (κ3) is 15.2. The Balaban J connectivity index is 1.73. The van der Waals surface area contributed by atoms with Crippen LogP contribution >= 0.6 is 0 Å². The fraction of sp³-hybridized carbons (Fsp3) is 0.533. The summed E-state index contributed by atoms with van der Waals surface area (Å²) in [5.41, 5.74) is 5.16. The van der Waals surface area contributed by atoms with Crippen molar-refractivity contribution in [3.05, 3.63) is 119 Å². The maximum absolute atomic E-state index is 8.45. The van der Waals surface area contributed by atoms with Crippen molar-refractivity contribution in [1.82, 2.24) is 0 Å². The molecular formula is C60H92Ge4O2. The SMILES string of the molecule is CCC[CH2][Ge]1([CH2]CCC)[O][Ge]([CH2]CCC)([CH2]CCC)[c]2ccc(cc2)C=Cc2cc[c](cc2)[Ge]([CH2]CCC)([CH2]CCC)[O][Ge]([CH2]CCC)([CH2]CCC)[c]2ccc(cc2)C=Cc2cc[c]1cc2. The van der Waals surface area contributed by atoms with Crippen LogP contribution in [0.25, 0.3) is 24.3 Å². The molecule has 360 valence electrons. The minimum absolute atomic E-state index is 1.23. The van der Waals surface area contributed by atoms with E-state index in [1.54, 1.807) is 17.6 Å². The van der Waals surface area contributed by atoms with Crippen LogP contribution < -0.4 is 17.6 Å². The van der Waals surface area contributed by atoms with Gasteiger partial charge in [0, 0.05) is 0 Å². The molecular weight excluding hydrogens is 1040 g/mol. The normalized spacial score (nSPS) is 16.4. The molecule has 2 nitrogen and oxygen atoms in total. The first-order chi connectivity index (χ1) is 32.2. The molecule has 8 bridgehead atoms. The van der Waals surface area contributed by atoms with Crippen molar-refractivity contribution in [2.45, 2.75) is 200 Å². The van der Waals surface area contributed by atoms with E-state index in [0.29, 0.717) is 0 Å². The van der Waals surface area contributed by atoms with Gasteiger partial charge in [-0.05, 0) is 0 Å². The summed E-state index contributed by atoms with van der Waals surface area (Å²) in [5, 5.41) is 10.2. The Morgan fingerprint density at radius 3 is 0.530 bits per heavy atom. The van der Waals surface area contributed by atoms with Gasteiger partial charge in [-0.3, -0.25) is 0 Å². The van der Waals surface area contributed by atoms with Crippen LogP contribution in [0.3, 0.4) is 0 Å². The molecule has 0 radical (unpaired) electrons. The van der Waals surface area contributed by atoms with Gasteiger partial charge in [0.25, 0.3) is 0 Å². The van der Waals surface area contributed by atoms with Gasteiger partial charge in [0.05, 0.1) is 0 Å². The van der Waals surface area contributed by atoms with E-state index in [2.05, 4.69) is 177 Å². The van der Waals surface area contributed by atoms with Crippen LogP contribution in [0.5, 0.6) is 0 Å². The van der Waals surface area contributed by atoms with E-state index in [1.165, 1.54) is 167 Å². The van der Waals surface area contributed by atoms with Crippen LogP contribution in [0.2, 0.25) is 42.0 Å². The Morgan fingerprint density at radius 1 is 0.242 bits per heavy atom. The molecule has 7 aliphatic rings. The predicted octanol–water partition coefficient (Wildman–Crippen LogP) is 16.8. The summed E-state index contributed by atoms with van der Waals surface area (Å²) in [7, 11) is 0. The third-order valence-corrected chi connectivity index (χ3v) is 66.4. The first-order valence-electron chi connectivity index (χ1n) is 27.4. The molecule has 0 amide bonds. The van der Waals surface area contributed by atoms with Gasteiger partial charge < -0.3 is 0 Å². The van der Waals surface area contributed by atoms with Crippen molar-refractivity contribution in [1.29, 1.82) is 0 Å². The van der Waals surface area contributed by atoms with E-state index < -0.39 is 54.4 Å². The van der Waals surface area contributed by atoms with Gasteiger partial charge in [0.15, 0.2) is 0 Å². The number of hydrogen-bond acceptors (Lipinski definition) is 2. The number of unbranched alkanes of at least 4 members (excludes halogenated alkanes) is 8. The van der Waals surface area contributed by atoms with E-state index in [-0.39, 0.29) is 0 Å². The second kappa shape index (κ2) is 29.0. The topological polar surface area (TPSA) is 18.5 Å². The summed E-state index contributed by atoms with van der Waals surface area (Å²) in [5.74, 6) is 0. The van der Waals surface area contributed by atoms with Gasteiger partial charge in [-0.2, -0.15) is 0 Å². The summed E-state index contributed by atoms with van der Waals surface area (Å²) in [6, 6.07) is 39.6. The van der Waals surface area contributed by atoms with Crippen molar-refractivity contribution in [3.8, 4) is 0 Å². The van der Waals surface area contributed by atoms with E-state index in [1.807, 2.05) is 0 Å². The van der Waals surface area contributed by atoms with E-state index in [4.69, 9.17) is 5.58 Å². The van der Waals surface area contributed by atoms with Gasteiger partial charge in [-0.15, -0.1) is 0 Å². The van der Waals surface area contributed by atoms with Gasteiger partial charge in [0.2, 0.25) is 0 Å². The zero-order valence-electron chi connectivity index (χ0n) is 43.3. The second-order valence-electron chi connectivity index (χ2n) is 20.2. The second-order valence-corrected chi connectivity index (χ2v) is 55.4. The summed E-state index contributed by atoms with van der Waals surface area (Å²) in [6.45, 7) is 19.0. The van der Waals surface area contributed by atoms with Crippen LogP contribution in [0.15, 0.2) is 97.1 Å². The van der Waals surface area contributed by atoms with Crippen LogP contribution in [-0.4, -0.2) is 54.4 Å². The summed E-state index contributed by atoms with van der Waals surface area (Å²) in [4.78, 5) is 0. The predicted molar refractivity (Wildman–Crippen MR) is 305 cm³/mol. The molecule has 0 N–H and O–H groups in total. The van der Waals surface area contributed by atoms with Crippen molar-refractivity contribution >= 4 is 96.3 Å². The average molecular weight is 1140 g/mol. The van der Waals surface area contributed by atoms with Crippen LogP contribution in [0, 0.1) is 0 Å². The van der Waals surface area contributed by atoms with Crippen molar-refractivity contribution < 1.29 is 5.58 Å². The first kappa shape index (κ1) is 55.4. The Kier molecular flexibility index (Phi) is 24.3. The molecule has 66 heavy (non-hydrogen) atoms. The number of rotatable bonds is 24. The quantitative estimate of drug-likeness (QED) is 0.0651. The van der Waals surface area contributed by atoms with E-state index >= 15 is 0 Å². The number of hydrogen-bond donors (Lipinski definition) is 0. The Hall–Kier alpha value is -1.55. The third-order valence-electron chi connectivity index (χ3n) is 14.9. The number of benzene rings is 4. The molecule has 0 aliphatic carbocycles. The summed E-state index contributed by atoms with van der Waals surface area (Å²) >= 11 is -12.3. The molecule has 0 atom stereocenters. The Morgan fingerprint density at radius 2 is 0.394 bits per heavy atom. The summed E-state index contributed by atoms with van der Waals surface area (Å²) in [6.07, 6.45) is 29.4. The molecule has 7 heterocycles. The zero-order chi connectivity index (χ0) is 47.1. The molecule has 0 unspecified atom stereocenters. The molecule has 0 saturated carbocycles. The van der Waals surface area contributed by atoms with E-state index in [9.17, 15) is 0 Å². The van der Waals surface area contributed by atoms with Gasteiger partial charge in [0.1, 0.15) is 0 Å². The van der Waals surface area contributed by atoms with Gasteiger partial charge in [-0.25, -0.2) is 0 Å². The molecule has 7 aliphatic heterocycles. The van der Waals surface area contributed by atoms with Crippen LogP contribution in [-0.2, 0) is 5.58 Å². The van der Waals surface area contributed by atoms with E-state index in [0.717, 1.165) is 0 Å². The molecule has 11 rings (SSSR count). The molecule has 4 aromatic rings. The van der Waals surface area contributed by atoms with Crippen molar-refractivity contribution in [2.75, 3.05) is 0 Å². The molecule has 0 saturated heterocycles. The fourth-order valence-corrected chi connectivity index (χ4v) is 75.9. The molecule has 0 spiro atoms. The zero-order valence-corrected chi connectivity index (χ0v) is 51.7.